The van der Waals surface area contributed by atoms with Gasteiger partial charge in [-0.05, 0) is 24.3 Å². The number of benzene rings is 2. The van der Waals surface area contributed by atoms with Crippen LogP contribution in [0.4, 0.5) is 16.2 Å². The lowest BCUT2D eigenvalue weighted by molar-refractivity contribution is -0.113. The first kappa shape index (κ1) is 14.8. The zero-order valence-corrected chi connectivity index (χ0v) is 13.0. The number of carbonyl (C=O) groups excluding carboxylic acids is 2. The maximum atomic E-state index is 12.9. The van der Waals surface area contributed by atoms with Gasteiger partial charge in [-0.2, -0.15) is 0 Å². The number of hydrogen-bond donors (Lipinski definition) is 0. The van der Waals surface area contributed by atoms with Crippen molar-refractivity contribution in [2.45, 2.75) is 0 Å². The van der Waals surface area contributed by atoms with Crippen LogP contribution in [0, 0.1) is 0 Å². The van der Waals surface area contributed by atoms with Crippen LogP contribution < -0.4 is 9.80 Å². The molecule has 3 amide bonds. The number of imide groups is 1. The van der Waals surface area contributed by atoms with E-state index in [1.807, 2.05) is 50.5 Å². The molecule has 1 aliphatic rings. The molecular formula is C18H17N3O2. The first-order valence-corrected chi connectivity index (χ1v) is 7.26. The highest BCUT2D eigenvalue weighted by molar-refractivity contribution is 6.34. The summed E-state index contributed by atoms with van der Waals surface area (Å²) in [5.74, 6) is -0.334. The lowest BCUT2D eigenvalue weighted by Gasteiger charge is -2.18. The highest BCUT2D eigenvalue weighted by atomic mass is 16.2. The molecule has 0 radical (unpaired) electrons. The number of carbonyl (C=O) groups is 2. The van der Waals surface area contributed by atoms with E-state index in [4.69, 9.17) is 0 Å². The third kappa shape index (κ3) is 2.68. The van der Waals surface area contributed by atoms with E-state index in [1.165, 1.54) is 9.80 Å². The fraction of sp³-hybridized carbons (Fsp3) is 0.111. The lowest BCUT2D eigenvalue weighted by atomic mass is 10.3. The molecule has 2 aromatic carbocycles. The molecule has 0 bridgehead atoms. The second kappa shape index (κ2) is 5.96. The van der Waals surface area contributed by atoms with Gasteiger partial charge in [-0.25, -0.2) is 9.69 Å². The molecular weight excluding hydrogens is 290 g/mol. The summed E-state index contributed by atoms with van der Waals surface area (Å²) in [6.07, 6.45) is 1.66. The molecule has 3 rings (SSSR count). The monoisotopic (exact) mass is 307 g/mol. The van der Waals surface area contributed by atoms with E-state index in [0.717, 1.165) is 0 Å². The van der Waals surface area contributed by atoms with Gasteiger partial charge in [0.05, 0.1) is 11.4 Å². The molecule has 1 fully saturated rings. The van der Waals surface area contributed by atoms with Crippen LogP contribution in [-0.4, -0.2) is 30.9 Å². The molecule has 0 atom stereocenters. The van der Waals surface area contributed by atoms with Crippen molar-refractivity contribution in [3.05, 3.63) is 72.6 Å². The van der Waals surface area contributed by atoms with Gasteiger partial charge in [0.15, 0.2) is 0 Å². The molecule has 1 heterocycles. The first-order chi connectivity index (χ1) is 11.1. The predicted octanol–water partition coefficient (Wildman–Crippen LogP) is 3.06. The Bertz CT molecular complexity index is 754. The summed E-state index contributed by atoms with van der Waals surface area (Å²) in [7, 11) is 3.64. The average Bonchev–Trinajstić information content (AvgIpc) is 2.79. The minimum absolute atomic E-state index is 0.329. The molecule has 116 valence electrons. The van der Waals surface area contributed by atoms with Crippen molar-refractivity contribution in [3.63, 3.8) is 0 Å². The van der Waals surface area contributed by atoms with Crippen LogP contribution in [-0.2, 0) is 4.79 Å². The molecule has 5 heteroatoms. The number of urea groups is 1. The number of nitrogens with zero attached hydrogens (tertiary/aromatic N) is 3. The number of para-hydroxylation sites is 2. The van der Waals surface area contributed by atoms with Crippen LogP contribution in [0.5, 0.6) is 0 Å². The molecule has 1 saturated heterocycles. The highest BCUT2D eigenvalue weighted by Gasteiger charge is 2.43. The third-order valence-electron chi connectivity index (χ3n) is 3.45. The Morgan fingerprint density at radius 1 is 0.783 bits per heavy atom. The van der Waals surface area contributed by atoms with E-state index in [0.29, 0.717) is 17.1 Å². The van der Waals surface area contributed by atoms with E-state index in [1.54, 1.807) is 35.4 Å². The van der Waals surface area contributed by atoms with Gasteiger partial charge in [-0.15, -0.1) is 0 Å². The van der Waals surface area contributed by atoms with Gasteiger partial charge >= 0.3 is 6.03 Å². The summed E-state index contributed by atoms with van der Waals surface area (Å²) < 4.78 is 0. The van der Waals surface area contributed by atoms with E-state index in [-0.39, 0.29) is 11.9 Å². The smallest absolute Gasteiger partial charge is 0.341 e. The van der Waals surface area contributed by atoms with Crippen molar-refractivity contribution in [1.82, 2.24) is 4.90 Å². The van der Waals surface area contributed by atoms with Crippen molar-refractivity contribution < 1.29 is 9.59 Å². The van der Waals surface area contributed by atoms with Gasteiger partial charge in [0.2, 0.25) is 0 Å². The summed E-state index contributed by atoms with van der Waals surface area (Å²) in [6, 6.07) is 17.7. The van der Waals surface area contributed by atoms with Gasteiger partial charge in [0.1, 0.15) is 5.70 Å². The van der Waals surface area contributed by atoms with E-state index in [9.17, 15) is 9.59 Å². The fourth-order valence-corrected chi connectivity index (χ4v) is 2.49. The minimum Gasteiger partial charge on any atom is -0.382 e. The third-order valence-corrected chi connectivity index (χ3v) is 3.45. The van der Waals surface area contributed by atoms with Crippen LogP contribution in [0.1, 0.15) is 0 Å². The van der Waals surface area contributed by atoms with Gasteiger partial charge in [-0.1, -0.05) is 36.4 Å². The molecule has 0 aromatic heterocycles. The summed E-state index contributed by atoms with van der Waals surface area (Å²) in [4.78, 5) is 30.1. The normalized spacial score (nSPS) is 16.3. The fourth-order valence-electron chi connectivity index (χ4n) is 2.49. The molecule has 0 aliphatic carbocycles. The SMILES string of the molecule is CN(C)/C=C1/C(=O)N(c2ccccc2)C(=O)N1c1ccccc1. The van der Waals surface area contributed by atoms with Crippen molar-refractivity contribution in [2.24, 2.45) is 0 Å². The molecule has 0 saturated carbocycles. The van der Waals surface area contributed by atoms with Crippen LogP contribution >= 0.6 is 0 Å². The zero-order valence-electron chi connectivity index (χ0n) is 13.0. The van der Waals surface area contributed by atoms with Crippen LogP contribution in [0.2, 0.25) is 0 Å². The van der Waals surface area contributed by atoms with Crippen molar-refractivity contribution >= 4 is 23.3 Å². The Balaban J connectivity index is 2.11. The number of rotatable bonds is 3. The summed E-state index contributed by atoms with van der Waals surface area (Å²) >= 11 is 0. The first-order valence-electron chi connectivity index (χ1n) is 7.26. The Kier molecular flexibility index (Phi) is 3.85. The standard InChI is InChI=1S/C18H17N3O2/c1-19(2)13-16-17(22)21(15-11-7-4-8-12-15)18(23)20(16)14-9-5-3-6-10-14/h3-13H,1-2H3/b16-13-. The second-order valence-corrected chi connectivity index (χ2v) is 5.41. The molecule has 0 N–H and O–H groups in total. The number of hydrogen-bond acceptors (Lipinski definition) is 3. The predicted molar refractivity (Wildman–Crippen MR) is 90.0 cm³/mol. The lowest BCUT2D eigenvalue weighted by Crippen LogP contribution is -2.32. The van der Waals surface area contributed by atoms with E-state index in [2.05, 4.69) is 0 Å². The van der Waals surface area contributed by atoms with Crippen LogP contribution in [0.3, 0.4) is 0 Å². The molecule has 23 heavy (non-hydrogen) atoms. The maximum Gasteiger partial charge on any atom is 0.341 e. The number of anilines is 2. The summed E-state index contributed by atoms with van der Waals surface area (Å²) in [6.45, 7) is 0. The molecule has 2 aromatic rings. The molecule has 5 nitrogen and oxygen atoms in total. The Hall–Kier alpha value is -3.08. The van der Waals surface area contributed by atoms with Gasteiger partial charge in [0, 0.05) is 20.3 Å². The Morgan fingerprint density at radius 2 is 1.26 bits per heavy atom. The molecule has 1 aliphatic heterocycles. The molecule has 0 spiro atoms. The second-order valence-electron chi connectivity index (χ2n) is 5.41. The number of amides is 3. The van der Waals surface area contributed by atoms with Crippen LogP contribution in [0.25, 0.3) is 0 Å². The maximum absolute atomic E-state index is 12.9. The van der Waals surface area contributed by atoms with Crippen molar-refractivity contribution in [3.8, 4) is 0 Å². The Labute approximate surface area is 135 Å². The minimum atomic E-state index is -0.375. The van der Waals surface area contributed by atoms with Crippen molar-refractivity contribution in [1.29, 1.82) is 0 Å². The van der Waals surface area contributed by atoms with Gasteiger partial charge in [0.25, 0.3) is 5.91 Å². The van der Waals surface area contributed by atoms with Crippen molar-refractivity contribution in [2.75, 3.05) is 23.9 Å². The topological polar surface area (TPSA) is 43.9 Å². The summed E-state index contributed by atoms with van der Waals surface area (Å²) in [5.41, 5.74) is 1.55. The average molecular weight is 307 g/mol. The van der Waals surface area contributed by atoms with Gasteiger partial charge < -0.3 is 4.90 Å². The largest absolute Gasteiger partial charge is 0.382 e. The Morgan fingerprint density at radius 3 is 1.74 bits per heavy atom. The quantitative estimate of drug-likeness (QED) is 0.646. The highest BCUT2D eigenvalue weighted by Crippen LogP contribution is 2.31. The van der Waals surface area contributed by atoms with Gasteiger partial charge in [-0.3, -0.25) is 9.69 Å². The zero-order chi connectivity index (χ0) is 16.4. The van der Waals surface area contributed by atoms with E-state index >= 15 is 0 Å². The van der Waals surface area contributed by atoms with Crippen LogP contribution in [0.15, 0.2) is 72.6 Å². The van der Waals surface area contributed by atoms with E-state index < -0.39 is 0 Å². The summed E-state index contributed by atoms with van der Waals surface area (Å²) in [5, 5.41) is 0. The molecule has 0 unspecified atom stereocenters.